The number of benzene rings is 1. The van der Waals surface area contributed by atoms with Gasteiger partial charge in [-0.15, -0.1) is 0 Å². The monoisotopic (exact) mass is 323 g/mol. The second kappa shape index (κ2) is 6.99. The lowest BCUT2D eigenvalue weighted by atomic mass is 9.90. The van der Waals surface area contributed by atoms with Crippen molar-refractivity contribution in [1.29, 1.82) is 0 Å². The molecular formula is C17H22ClNO3. The minimum atomic E-state index is -0.731. The first-order chi connectivity index (χ1) is 10.6. The van der Waals surface area contributed by atoms with E-state index in [1.165, 1.54) is 0 Å². The summed E-state index contributed by atoms with van der Waals surface area (Å²) in [6, 6.07) is 6.10. The van der Waals surface area contributed by atoms with Crippen LogP contribution < -0.4 is 0 Å². The average molecular weight is 324 g/mol. The SMILES string of the molecule is O=C(O)CC(c1ccc(CN2CCOCC2)c(Cl)c1)C1CC1. The van der Waals surface area contributed by atoms with E-state index in [4.69, 9.17) is 21.4 Å². The van der Waals surface area contributed by atoms with Crippen LogP contribution in [0, 0.1) is 5.92 Å². The largest absolute Gasteiger partial charge is 0.481 e. The summed E-state index contributed by atoms with van der Waals surface area (Å²) in [7, 11) is 0. The smallest absolute Gasteiger partial charge is 0.303 e. The molecule has 1 heterocycles. The van der Waals surface area contributed by atoms with Gasteiger partial charge in [0.2, 0.25) is 0 Å². The van der Waals surface area contributed by atoms with Crippen LogP contribution in [0.5, 0.6) is 0 Å². The molecule has 0 aromatic heterocycles. The van der Waals surface area contributed by atoms with Crippen LogP contribution >= 0.6 is 11.6 Å². The third-order valence-electron chi connectivity index (χ3n) is 4.59. The van der Waals surface area contributed by atoms with E-state index in [9.17, 15) is 4.79 Å². The molecule has 0 radical (unpaired) electrons. The molecular weight excluding hydrogens is 302 g/mol. The normalized spacial score (nSPS) is 20.8. The number of aliphatic carboxylic acids is 1. The Morgan fingerprint density at radius 2 is 2.09 bits per heavy atom. The number of nitrogens with zero attached hydrogens (tertiary/aromatic N) is 1. The van der Waals surface area contributed by atoms with Crippen molar-refractivity contribution in [3.05, 3.63) is 34.3 Å². The Labute approximate surface area is 136 Å². The summed E-state index contributed by atoms with van der Waals surface area (Å²) in [4.78, 5) is 13.4. The summed E-state index contributed by atoms with van der Waals surface area (Å²) in [6.45, 7) is 4.25. The third kappa shape index (κ3) is 4.00. The average Bonchev–Trinajstić information content (AvgIpc) is 3.32. The van der Waals surface area contributed by atoms with Gasteiger partial charge in [0.05, 0.1) is 19.6 Å². The van der Waals surface area contributed by atoms with Crippen LogP contribution in [0.1, 0.15) is 36.3 Å². The predicted molar refractivity (Wildman–Crippen MR) is 85.3 cm³/mol. The van der Waals surface area contributed by atoms with Crippen LogP contribution in [0.4, 0.5) is 0 Å². The second-order valence-corrected chi connectivity index (χ2v) is 6.69. The van der Waals surface area contributed by atoms with Gasteiger partial charge in [-0.1, -0.05) is 23.7 Å². The van der Waals surface area contributed by atoms with E-state index in [2.05, 4.69) is 17.0 Å². The molecule has 1 unspecified atom stereocenters. The van der Waals surface area contributed by atoms with Crippen molar-refractivity contribution in [2.45, 2.75) is 31.7 Å². The summed E-state index contributed by atoms with van der Waals surface area (Å²) < 4.78 is 5.36. The van der Waals surface area contributed by atoms with Gasteiger partial charge in [-0.3, -0.25) is 9.69 Å². The highest BCUT2D eigenvalue weighted by Crippen LogP contribution is 2.45. The summed E-state index contributed by atoms with van der Waals surface area (Å²) >= 11 is 6.45. The molecule has 1 aromatic carbocycles. The van der Waals surface area contributed by atoms with Crippen molar-refractivity contribution < 1.29 is 14.6 Å². The molecule has 1 saturated heterocycles. The zero-order valence-corrected chi connectivity index (χ0v) is 13.4. The molecule has 1 aliphatic heterocycles. The third-order valence-corrected chi connectivity index (χ3v) is 4.94. The van der Waals surface area contributed by atoms with E-state index >= 15 is 0 Å². The first-order valence-electron chi connectivity index (χ1n) is 7.93. The van der Waals surface area contributed by atoms with Crippen LogP contribution in [-0.2, 0) is 16.1 Å². The number of carboxylic acid groups (broad SMARTS) is 1. The predicted octanol–water partition coefficient (Wildman–Crippen LogP) is 3.14. The van der Waals surface area contributed by atoms with Crippen molar-refractivity contribution in [3.63, 3.8) is 0 Å². The van der Waals surface area contributed by atoms with Crippen molar-refractivity contribution >= 4 is 17.6 Å². The lowest BCUT2D eigenvalue weighted by Gasteiger charge is -2.27. The first-order valence-corrected chi connectivity index (χ1v) is 8.31. The van der Waals surface area contributed by atoms with Crippen molar-refractivity contribution in [3.8, 4) is 0 Å². The topological polar surface area (TPSA) is 49.8 Å². The number of hydrogen-bond donors (Lipinski definition) is 1. The lowest BCUT2D eigenvalue weighted by molar-refractivity contribution is -0.137. The molecule has 0 amide bonds. The molecule has 0 bridgehead atoms. The van der Waals surface area contributed by atoms with Gasteiger partial charge in [0.1, 0.15) is 0 Å². The van der Waals surface area contributed by atoms with E-state index in [0.717, 1.165) is 61.8 Å². The fourth-order valence-corrected chi connectivity index (χ4v) is 3.41. The summed E-state index contributed by atoms with van der Waals surface area (Å²) in [5.41, 5.74) is 2.18. The van der Waals surface area contributed by atoms with E-state index in [1.54, 1.807) is 0 Å². The number of rotatable bonds is 6. The molecule has 5 heteroatoms. The summed E-state index contributed by atoms with van der Waals surface area (Å²) in [5, 5.41) is 9.86. The molecule has 2 fully saturated rings. The molecule has 3 rings (SSSR count). The Morgan fingerprint density at radius 1 is 1.36 bits per heavy atom. The molecule has 120 valence electrons. The van der Waals surface area contributed by atoms with Gasteiger partial charge in [-0.25, -0.2) is 0 Å². The van der Waals surface area contributed by atoms with Gasteiger partial charge in [0.25, 0.3) is 0 Å². The highest BCUT2D eigenvalue weighted by atomic mass is 35.5. The molecule has 1 saturated carbocycles. The number of carbonyl (C=O) groups is 1. The standard InChI is InChI=1S/C17H22ClNO3/c18-16-9-13(15(10-17(20)21)12-1-2-12)3-4-14(16)11-19-5-7-22-8-6-19/h3-4,9,12,15H,1-2,5-8,10-11H2,(H,20,21). The highest BCUT2D eigenvalue weighted by Gasteiger charge is 2.34. The number of ether oxygens (including phenoxy) is 1. The zero-order valence-electron chi connectivity index (χ0n) is 12.6. The van der Waals surface area contributed by atoms with Gasteiger partial charge in [-0.05, 0) is 41.9 Å². The van der Waals surface area contributed by atoms with Crippen LogP contribution in [0.25, 0.3) is 0 Å². The minimum absolute atomic E-state index is 0.104. The summed E-state index contributed by atoms with van der Waals surface area (Å²) in [5.74, 6) is -0.116. The van der Waals surface area contributed by atoms with Gasteiger partial charge in [-0.2, -0.15) is 0 Å². The maximum atomic E-state index is 11.1. The second-order valence-electron chi connectivity index (χ2n) is 6.28. The maximum Gasteiger partial charge on any atom is 0.303 e. The lowest BCUT2D eigenvalue weighted by Crippen LogP contribution is -2.35. The molecule has 22 heavy (non-hydrogen) atoms. The number of carboxylic acids is 1. The van der Waals surface area contributed by atoms with E-state index in [-0.39, 0.29) is 12.3 Å². The highest BCUT2D eigenvalue weighted by molar-refractivity contribution is 6.31. The van der Waals surface area contributed by atoms with Crippen molar-refractivity contribution in [2.75, 3.05) is 26.3 Å². The Bertz CT molecular complexity index is 539. The molecule has 1 atom stereocenters. The number of halogens is 1. The van der Waals surface area contributed by atoms with Crippen LogP contribution in [0.15, 0.2) is 18.2 Å². The molecule has 4 nitrogen and oxygen atoms in total. The minimum Gasteiger partial charge on any atom is -0.481 e. The van der Waals surface area contributed by atoms with Crippen LogP contribution in [0.3, 0.4) is 0 Å². The van der Waals surface area contributed by atoms with Crippen molar-refractivity contribution in [1.82, 2.24) is 4.90 Å². The fourth-order valence-electron chi connectivity index (χ4n) is 3.17. The quantitative estimate of drug-likeness (QED) is 0.873. The Kier molecular flexibility index (Phi) is 5.01. The summed E-state index contributed by atoms with van der Waals surface area (Å²) in [6.07, 6.45) is 2.46. The van der Waals surface area contributed by atoms with E-state index in [0.29, 0.717) is 5.92 Å². The molecule has 1 aromatic rings. The number of morpholine rings is 1. The molecule has 2 aliphatic rings. The van der Waals surface area contributed by atoms with Gasteiger partial charge >= 0.3 is 5.97 Å². The van der Waals surface area contributed by atoms with Crippen molar-refractivity contribution in [2.24, 2.45) is 5.92 Å². The molecule has 1 N–H and O–H groups in total. The van der Waals surface area contributed by atoms with E-state index in [1.807, 2.05) is 6.07 Å². The van der Waals surface area contributed by atoms with Crippen LogP contribution in [0.2, 0.25) is 5.02 Å². The Balaban J connectivity index is 1.71. The van der Waals surface area contributed by atoms with Gasteiger partial charge in [0, 0.05) is 24.7 Å². The molecule has 0 spiro atoms. The van der Waals surface area contributed by atoms with E-state index < -0.39 is 5.97 Å². The van der Waals surface area contributed by atoms with Crippen LogP contribution in [-0.4, -0.2) is 42.3 Å². The number of hydrogen-bond acceptors (Lipinski definition) is 3. The van der Waals surface area contributed by atoms with Gasteiger partial charge < -0.3 is 9.84 Å². The Hall–Kier alpha value is -1.10. The zero-order chi connectivity index (χ0) is 15.5. The fraction of sp³-hybridized carbons (Fsp3) is 0.588. The Morgan fingerprint density at radius 3 is 2.68 bits per heavy atom. The molecule has 1 aliphatic carbocycles. The van der Waals surface area contributed by atoms with Gasteiger partial charge in [0.15, 0.2) is 0 Å². The maximum absolute atomic E-state index is 11.1. The first kappa shape index (κ1) is 15.8.